The van der Waals surface area contributed by atoms with E-state index in [-0.39, 0.29) is 11.9 Å². The molecule has 1 atom stereocenters. The predicted octanol–water partition coefficient (Wildman–Crippen LogP) is 0.901. The fourth-order valence-electron chi connectivity index (χ4n) is 2.49. The smallest absolute Gasteiger partial charge is 0.290 e. The highest BCUT2D eigenvalue weighted by Crippen LogP contribution is 2.31. The van der Waals surface area contributed by atoms with Crippen molar-refractivity contribution >= 4 is 5.91 Å². The van der Waals surface area contributed by atoms with Crippen molar-refractivity contribution in [2.75, 3.05) is 6.54 Å². The lowest BCUT2D eigenvalue weighted by Crippen LogP contribution is -2.23. The number of aromatic nitrogens is 3. The van der Waals surface area contributed by atoms with E-state index in [4.69, 9.17) is 10.3 Å². The van der Waals surface area contributed by atoms with Gasteiger partial charge in [-0.3, -0.25) is 14.7 Å². The summed E-state index contributed by atoms with van der Waals surface area (Å²) in [7, 11) is 0. The summed E-state index contributed by atoms with van der Waals surface area (Å²) in [6.07, 6.45) is 5.55. The normalized spacial score (nSPS) is 19.3. The van der Waals surface area contributed by atoms with Crippen LogP contribution in [0.5, 0.6) is 0 Å². The zero-order valence-electron chi connectivity index (χ0n) is 10.9. The van der Waals surface area contributed by atoms with Crippen LogP contribution in [0, 0.1) is 0 Å². The van der Waals surface area contributed by atoms with Gasteiger partial charge in [0.25, 0.3) is 11.7 Å². The minimum Gasteiger partial charge on any atom is -0.363 e. The van der Waals surface area contributed by atoms with Gasteiger partial charge in [-0.15, -0.1) is 0 Å². The lowest BCUT2D eigenvalue weighted by Gasteiger charge is -2.21. The molecule has 0 radical (unpaired) electrons. The van der Waals surface area contributed by atoms with Gasteiger partial charge in [0.2, 0.25) is 5.89 Å². The van der Waals surface area contributed by atoms with Gasteiger partial charge in [0.05, 0.1) is 6.04 Å². The third-order valence-electron chi connectivity index (χ3n) is 3.45. The summed E-state index contributed by atoms with van der Waals surface area (Å²) in [4.78, 5) is 21.4. The maximum absolute atomic E-state index is 11.0. The van der Waals surface area contributed by atoms with Crippen LogP contribution >= 0.6 is 0 Å². The SMILES string of the molecule is NC(=O)c1noc(C2CCCN2Cc2ccncc2)n1. The number of likely N-dealkylation sites (tertiary alicyclic amines) is 1. The number of primary amides is 1. The molecule has 0 aromatic carbocycles. The topological polar surface area (TPSA) is 98.1 Å². The highest BCUT2D eigenvalue weighted by Gasteiger charge is 2.31. The molecule has 20 heavy (non-hydrogen) atoms. The summed E-state index contributed by atoms with van der Waals surface area (Å²) in [5.74, 6) is -0.264. The van der Waals surface area contributed by atoms with E-state index in [1.165, 1.54) is 5.56 Å². The van der Waals surface area contributed by atoms with Crippen LogP contribution in [-0.2, 0) is 6.54 Å². The summed E-state index contributed by atoms with van der Waals surface area (Å²) < 4.78 is 5.16. The van der Waals surface area contributed by atoms with Crippen LogP contribution in [0.3, 0.4) is 0 Å². The Morgan fingerprint density at radius 3 is 2.95 bits per heavy atom. The van der Waals surface area contributed by atoms with E-state index in [1.807, 2.05) is 12.1 Å². The predicted molar refractivity (Wildman–Crippen MR) is 69.4 cm³/mol. The van der Waals surface area contributed by atoms with Crippen molar-refractivity contribution < 1.29 is 9.32 Å². The van der Waals surface area contributed by atoms with Crippen LogP contribution in [0.4, 0.5) is 0 Å². The molecule has 3 rings (SSSR count). The van der Waals surface area contributed by atoms with Gasteiger partial charge in [0.15, 0.2) is 0 Å². The number of amides is 1. The van der Waals surface area contributed by atoms with Crippen molar-refractivity contribution in [3.05, 3.63) is 41.8 Å². The summed E-state index contributed by atoms with van der Waals surface area (Å²) >= 11 is 0. The van der Waals surface area contributed by atoms with Crippen molar-refractivity contribution in [2.45, 2.75) is 25.4 Å². The molecule has 2 aromatic rings. The number of carbonyl (C=O) groups is 1. The first-order valence-electron chi connectivity index (χ1n) is 6.50. The lowest BCUT2D eigenvalue weighted by molar-refractivity contribution is 0.0987. The van der Waals surface area contributed by atoms with E-state index in [0.717, 1.165) is 25.9 Å². The molecule has 104 valence electrons. The van der Waals surface area contributed by atoms with Crippen LogP contribution in [0.2, 0.25) is 0 Å². The average molecular weight is 273 g/mol. The second kappa shape index (κ2) is 5.38. The number of hydrogen-bond acceptors (Lipinski definition) is 6. The van der Waals surface area contributed by atoms with Gasteiger partial charge in [-0.25, -0.2) is 0 Å². The molecule has 0 bridgehead atoms. The molecule has 0 spiro atoms. The molecule has 7 heteroatoms. The molecule has 0 aliphatic carbocycles. The van der Waals surface area contributed by atoms with Gasteiger partial charge < -0.3 is 10.3 Å². The minimum absolute atomic E-state index is 0.0452. The third kappa shape index (κ3) is 2.53. The molecule has 1 saturated heterocycles. The summed E-state index contributed by atoms with van der Waals surface area (Å²) in [5.41, 5.74) is 6.32. The fraction of sp³-hybridized carbons (Fsp3) is 0.385. The monoisotopic (exact) mass is 273 g/mol. The molecule has 2 aromatic heterocycles. The van der Waals surface area contributed by atoms with Crippen molar-refractivity contribution in [1.29, 1.82) is 0 Å². The van der Waals surface area contributed by atoms with Gasteiger partial charge in [-0.2, -0.15) is 4.98 Å². The molecule has 7 nitrogen and oxygen atoms in total. The molecule has 1 unspecified atom stereocenters. The Hall–Kier alpha value is -2.28. The zero-order valence-corrected chi connectivity index (χ0v) is 10.9. The number of carbonyl (C=O) groups excluding carboxylic acids is 1. The van der Waals surface area contributed by atoms with Crippen LogP contribution in [0.1, 0.15) is 41.0 Å². The Labute approximate surface area is 115 Å². The molecule has 1 aliphatic heterocycles. The average Bonchev–Trinajstić information content (AvgIpc) is 3.08. The summed E-state index contributed by atoms with van der Waals surface area (Å²) in [6.45, 7) is 1.75. The number of nitrogens with two attached hydrogens (primary N) is 1. The van der Waals surface area contributed by atoms with Gasteiger partial charge >= 0.3 is 0 Å². The van der Waals surface area contributed by atoms with Gasteiger partial charge in [-0.1, -0.05) is 5.16 Å². The summed E-state index contributed by atoms with van der Waals surface area (Å²) in [5, 5.41) is 3.60. The van der Waals surface area contributed by atoms with Gasteiger partial charge in [-0.05, 0) is 37.1 Å². The first kappa shape index (κ1) is 12.7. The van der Waals surface area contributed by atoms with Crippen molar-refractivity contribution in [2.24, 2.45) is 5.73 Å². The molecule has 3 heterocycles. The summed E-state index contributed by atoms with van der Waals surface area (Å²) in [6, 6.07) is 4.01. The largest absolute Gasteiger partial charge is 0.363 e. The van der Waals surface area contributed by atoms with Crippen molar-refractivity contribution in [3.63, 3.8) is 0 Å². The second-order valence-corrected chi connectivity index (χ2v) is 4.80. The molecule has 0 saturated carbocycles. The quantitative estimate of drug-likeness (QED) is 0.888. The van der Waals surface area contributed by atoms with E-state index in [9.17, 15) is 4.79 Å². The number of nitrogens with zero attached hydrogens (tertiary/aromatic N) is 4. The van der Waals surface area contributed by atoms with E-state index in [0.29, 0.717) is 5.89 Å². The van der Waals surface area contributed by atoms with E-state index in [2.05, 4.69) is 20.0 Å². The molecule has 2 N–H and O–H groups in total. The van der Waals surface area contributed by atoms with E-state index >= 15 is 0 Å². The molecule has 1 amide bonds. The van der Waals surface area contributed by atoms with Crippen molar-refractivity contribution in [3.8, 4) is 0 Å². The first-order valence-corrected chi connectivity index (χ1v) is 6.50. The molecule has 1 aliphatic rings. The van der Waals surface area contributed by atoms with Crippen molar-refractivity contribution in [1.82, 2.24) is 20.0 Å². The fourth-order valence-corrected chi connectivity index (χ4v) is 2.49. The maximum atomic E-state index is 11.0. The molecule has 1 fully saturated rings. The standard InChI is InChI=1S/C13H15N5O2/c14-11(19)12-16-13(20-17-12)10-2-1-7-18(10)8-9-3-5-15-6-4-9/h3-6,10H,1-2,7-8H2,(H2,14,19). The highest BCUT2D eigenvalue weighted by atomic mass is 16.5. The van der Waals surface area contributed by atoms with E-state index in [1.54, 1.807) is 12.4 Å². The maximum Gasteiger partial charge on any atom is 0.290 e. The number of hydrogen-bond donors (Lipinski definition) is 1. The number of pyridine rings is 1. The molecular formula is C13H15N5O2. The zero-order chi connectivity index (χ0) is 13.9. The third-order valence-corrected chi connectivity index (χ3v) is 3.45. The van der Waals surface area contributed by atoms with Crippen LogP contribution in [0.25, 0.3) is 0 Å². The Bertz CT molecular complexity index is 598. The highest BCUT2D eigenvalue weighted by molar-refractivity contribution is 5.88. The second-order valence-electron chi connectivity index (χ2n) is 4.80. The molecular weight excluding hydrogens is 258 g/mol. The number of rotatable bonds is 4. The lowest BCUT2D eigenvalue weighted by atomic mass is 10.2. The van der Waals surface area contributed by atoms with Gasteiger partial charge in [0, 0.05) is 18.9 Å². The Morgan fingerprint density at radius 2 is 2.25 bits per heavy atom. The minimum atomic E-state index is -0.668. The Kier molecular flexibility index (Phi) is 3.42. The van der Waals surface area contributed by atoms with E-state index < -0.39 is 5.91 Å². The Balaban J connectivity index is 1.76. The Morgan fingerprint density at radius 1 is 1.45 bits per heavy atom. The van der Waals surface area contributed by atoms with Crippen LogP contribution in [-0.4, -0.2) is 32.5 Å². The van der Waals surface area contributed by atoms with Crippen LogP contribution in [0.15, 0.2) is 29.0 Å². The van der Waals surface area contributed by atoms with Crippen LogP contribution < -0.4 is 5.73 Å². The van der Waals surface area contributed by atoms with Gasteiger partial charge in [0.1, 0.15) is 0 Å². The first-order chi connectivity index (χ1) is 9.74.